The average molecular weight is 268 g/mol. The zero-order valence-corrected chi connectivity index (χ0v) is 11.7. The zero-order chi connectivity index (χ0) is 13.4. The van der Waals surface area contributed by atoms with Gasteiger partial charge in [-0.25, -0.2) is 9.56 Å². The lowest BCUT2D eigenvalue weighted by Crippen LogP contribution is -2.21. The molecule has 0 radical (unpaired) electrons. The van der Waals surface area contributed by atoms with Gasteiger partial charge in [0, 0.05) is 12.1 Å². The van der Waals surface area contributed by atoms with E-state index in [1.165, 1.54) is 10.2 Å². The Morgan fingerprint density at radius 2 is 2.00 bits per heavy atom. The Morgan fingerprint density at radius 1 is 1.16 bits per heavy atom. The molecule has 1 heterocycles. The Hall–Kier alpha value is -2.07. The summed E-state index contributed by atoms with van der Waals surface area (Å²) in [7, 11) is 4.08. The SMILES string of the molecule is C=Nc1ccc2nc3ccc(=[N+](C)C)cc-3sc2c1. The number of benzene rings is 2. The smallest absolute Gasteiger partial charge is 0.201 e. The Labute approximate surface area is 115 Å². The van der Waals surface area contributed by atoms with Gasteiger partial charge in [-0.15, -0.1) is 11.3 Å². The van der Waals surface area contributed by atoms with E-state index in [4.69, 9.17) is 0 Å². The highest BCUT2D eigenvalue weighted by Crippen LogP contribution is 2.31. The Kier molecular flexibility index (Phi) is 2.87. The first kappa shape index (κ1) is 12.0. The van der Waals surface area contributed by atoms with Gasteiger partial charge in [0.15, 0.2) is 0 Å². The highest BCUT2D eigenvalue weighted by atomic mass is 32.1. The fourth-order valence-electron chi connectivity index (χ4n) is 1.98. The Bertz CT molecular complexity index is 813. The minimum Gasteiger partial charge on any atom is -0.265 e. The van der Waals surface area contributed by atoms with Gasteiger partial charge in [0.25, 0.3) is 0 Å². The second-order valence-corrected chi connectivity index (χ2v) is 5.65. The van der Waals surface area contributed by atoms with Crippen LogP contribution in [0.2, 0.25) is 0 Å². The maximum absolute atomic E-state index is 4.68. The van der Waals surface area contributed by atoms with Crippen molar-refractivity contribution in [3.05, 3.63) is 41.8 Å². The summed E-state index contributed by atoms with van der Waals surface area (Å²) < 4.78 is 3.23. The van der Waals surface area contributed by atoms with Crippen LogP contribution in [0, 0.1) is 0 Å². The highest BCUT2D eigenvalue weighted by Gasteiger charge is 2.08. The first-order valence-corrected chi connectivity index (χ1v) is 6.81. The zero-order valence-electron chi connectivity index (χ0n) is 10.9. The van der Waals surface area contributed by atoms with Crippen LogP contribution in [-0.2, 0) is 0 Å². The number of nitrogens with zero attached hydrogens (tertiary/aromatic N) is 3. The molecule has 0 atom stereocenters. The van der Waals surface area contributed by atoms with E-state index in [0.29, 0.717) is 0 Å². The lowest BCUT2D eigenvalue weighted by molar-refractivity contribution is 0.814. The number of aliphatic imine (C=N–C) groups is 1. The van der Waals surface area contributed by atoms with E-state index in [0.717, 1.165) is 21.6 Å². The minimum atomic E-state index is 0.883. The standard InChI is InChI=1S/C15H14N3S/c1-16-10-4-6-12-14(8-10)19-15-9-11(18(2)3)5-7-13(15)17-12/h4-9H,1H2,2-3H3/q+1. The van der Waals surface area contributed by atoms with Crippen LogP contribution >= 0.6 is 11.3 Å². The normalized spacial score (nSPS) is 10.8. The summed E-state index contributed by atoms with van der Waals surface area (Å²) in [5.41, 5.74) is 2.92. The maximum Gasteiger partial charge on any atom is 0.201 e. The van der Waals surface area contributed by atoms with E-state index in [9.17, 15) is 0 Å². The van der Waals surface area contributed by atoms with Gasteiger partial charge in [0.05, 0.1) is 26.5 Å². The van der Waals surface area contributed by atoms with E-state index in [2.05, 4.69) is 39.5 Å². The summed E-state index contributed by atoms with van der Waals surface area (Å²) in [5, 5.41) is 1.18. The third-order valence-electron chi connectivity index (χ3n) is 3.05. The lowest BCUT2D eigenvalue weighted by atomic mass is 10.2. The van der Waals surface area contributed by atoms with E-state index in [-0.39, 0.29) is 0 Å². The Balaban J connectivity index is 2.37. The summed E-state index contributed by atoms with van der Waals surface area (Å²) in [6.45, 7) is 3.56. The highest BCUT2D eigenvalue weighted by molar-refractivity contribution is 7.21. The number of aromatic nitrogens is 1. The van der Waals surface area contributed by atoms with Gasteiger partial charge < -0.3 is 0 Å². The predicted octanol–water partition coefficient (Wildman–Crippen LogP) is 2.77. The molecule has 0 aromatic heterocycles. The molecule has 0 saturated carbocycles. The molecule has 3 rings (SSSR count). The van der Waals surface area contributed by atoms with Gasteiger partial charge >= 0.3 is 0 Å². The van der Waals surface area contributed by atoms with Crippen LogP contribution in [0.25, 0.3) is 20.8 Å². The van der Waals surface area contributed by atoms with Crippen molar-refractivity contribution in [2.75, 3.05) is 14.1 Å². The molecule has 3 nitrogen and oxygen atoms in total. The average Bonchev–Trinajstić information content (AvgIpc) is 2.43. The van der Waals surface area contributed by atoms with Crippen molar-refractivity contribution in [2.45, 2.75) is 0 Å². The number of hydrogen-bond donors (Lipinski definition) is 0. The summed E-state index contributed by atoms with van der Waals surface area (Å²) in [4.78, 5) is 9.83. The second kappa shape index (κ2) is 4.55. The molecule has 0 saturated heterocycles. The van der Waals surface area contributed by atoms with Crippen LogP contribution in [-0.4, -0.2) is 25.8 Å². The fraction of sp³-hybridized carbons (Fsp3) is 0.133. The number of fused-ring (bicyclic) bond motifs is 2. The third-order valence-corrected chi connectivity index (χ3v) is 4.14. The first-order chi connectivity index (χ1) is 9.17. The van der Waals surface area contributed by atoms with Crippen LogP contribution in [0.4, 0.5) is 5.69 Å². The van der Waals surface area contributed by atoms with Crippen LogP contribution < -0.4 is 9.93 Å². The number of rotatable bonds is 1. The van der Waals surface area contributed by atoms with Crippen LogP contribution in [0.15, 0.2) is 41.4 Å². The summed E-state index contributed by atoms with van der Waals surface area (Å²) in [5.74, 6) is 0. The molecule has 19 heavy (non-hydrogen) atoms. The largest absolute Gasteiger partial charge is 0.265 e. The second-order valence-electron chi connectivity index (χ2n) is 4.57. The minimum absolute atomic E-state index is 0.883. The van der Waals surface area contributed by atoms with E-state index in [1.807, 2.05) is 32.3 Å². The molecular formula is C15H14N3S+. The maximum atomic E-state index is 4.68. The molecule has 0 N–H and O–H groups in total. The van der Waals surface area contributed by atoms with E-state index >= 15 is 0 Å². The van der Waals surface area contributed by atoms with Gasteiger partial charge in [-0.1, -0.05) is 0 Å². The van der Waals surface area contributed by atoms with Crippen LogP contribution in [0.5, 0.6) is 0 Å². The monoisotopic (exact) mass is 268 g/mol. The molecule has 2 aliphatic rings. The molecule has 1 aromatic rings. The molecule has 94 valence electrons. The molecule has 1 aliphatic heterocycles. The molecule has 0 amide bonds. The fourth-order valence-corrected chi connectivity index (χ4v) is 3.01. The predicted molar refractivity (Wildman–Crippen MR) is 82.6 cm³/mol. The lowest BCUT2D eigenvalue weighted by Gasteiger charge is -2.05. The summed E-state index contributed by atoms with van der Waals surface area (Å²) >= 11 is 1.74. The van der Waals surface area contributed by atoms with Gasteiger partial charge in [0.1, 0.15) is 14.1 Å². The summed E-state index contributed by atoms with van der Waals surface area (Å²) in [6, 6.07) is 12.3. The van der Waals surface area contributed by atoms with Crippen molar-refractivity contribution >= 4 is 34.0 Å². The molecule has 1 aromatic carbocycles. The third kappa shape index (κ3) is 2.15. The van der Waals surface area contributed by atoms with Gasteiger partial charge in [-0.2, -0.15) is 0 Å². The van der Waals surface area contributed by atoms with Gasteiger partial charge in [-0.3, -0.25) is 4.99 Å². The van der Waals surface area contributed by atoms with Crippen molar-refractivity contribution in [1.29, 1.82) is 0 Å². The van der Waals surface area contributed by atoms with Crippen molar-refractivity contribution in [2.24, 2.45) is 4.99 Å². The van der Waals surface area contributed by atoms with Crippen molar-refractivity contribution in [3.8, 4) is 10.6 Å². The summed E-state index contributed by atoms with van der Waals surface area (Å²) in [6.07, 6.45) is 0. The molecule has 0 fully saturated rings. The molecule has 4 heteroatoms. The van der Waals surface area contributed by atoms with E-state index in [1.54, 1.807) is 11.3 Å². The molecule has 0 unspecified atom stereocenters. The topological polar surface area (TPSA) is 28.3 Å². The molecule has 1 aliphatic carbocycles. The van der Waals surface area contributed by atoms with Crippen molar-refractivity contribution < 1.29 is 0 Å². The molecular weight excluding hydrogens is 254 g/mol. The quantitative estimate of drug-likeness (QED) is 0.379. The van der Waals surface area contributed by atoms with Gasteiger partial charge in [0.2, 0.25) is 5.36 Å². The van der Waals surface area contributed by atoms with Crippen molar-refractivity contribution in [1.82, 2.24) is 9.56 Å². The Morgan fingerprint density at radius 3 is 2.74 bits per heavy atom. The van der Waals surface area contributed by atoms with Crippen LogP contribution in [0.1, 0.15) is 0 Å². The van der Waals surface area contributed by atoms with Crippen molar-refractivity contribution in [3.63, 3.8) is 0 Å². The van der Waals surface area contributed by atoms with E-state index < -0.39 is 0 Å². The first-order valence-electron chi connectivity index (χ1n) is 5.99. The molecule has 0 bridgehead atoms. The molecule has 0 spiro atoms. The number of hydrogen-bond acceptors (Lipinski definition) is 3. The van der Waals surface area contributed by atoms with Gasteiger partial charge in [-0.05, 0) is 31.0 Å². The van der Waals surface area contributed by atoms with Crippen LogP contribution in [0.3, 0.4) is 0 Å².